The SMILES string of the molecule is CC(C)c1nn(C)c(N(C)C)c1CNCc1ccnc(N(C)C)c1. The summed E-state index contributed by atoms with van der Waals surface area (Å²) in [5.74, 6) is 2.55. The van der Waals surface area contributed by atoms with Crippen molar-refractivity contribution in [3.05, 3.63) is 35.2 Å². The van der Waals surface area contributed by atoms with Crippen LogP contribution >= 0.6 is 0 Å². The second-order valence-corrected chi connectivity index (χ2v) is 6.88. The Morgan fingerprint density at radius 1 is 1.12 bits per heavy atom. The largest absolute Gasteiger partial charge is 0.363 e. The molecule has 0 fully saturated rings. The summed E-state index contributed by atoms with van der Waals surface area (Å²) < 4.78 is 1.98. The highest BCUT2D eigenvalue weighted by atomic mass is 15.4. The first kappa shape index (κ1) is 18.3. The molecule has 2 rings (SSSR count). The standard InChI is InChI=1S/C18H30N6/c1-13(2)17-15(18(23(5)6)24(7)21-17)12-19-11-14-8-9-20-16(10-14)22(3)4/h8-10,13,19H,11-12H2,1-7H3. The van der Waals surface area contributed by atoms with Gasteiger partial charge in [-0.25, -0.2) is 4.98 Å². The number of aryl methyl sites for hydroxylation is 1. The van der Waals surface area contributed by atoms with E-state index in [9.17, 15) is 0 Å². The lowest BCUT2D eigenvalue weighted by Crippen LogP contribution is -2.19. The molecule has 24 heavy (non-hydrogen) atoms. The van der Waals surface area contributed by atoms with Gasteiger partial charge in [-0.3, -0.25) is 4.68 Å². The molecule has 0 saturated carbocycles. The minimum absolute atomic E-state index is 0.406. The Morgan fingerprint density at radius 2 is 1.83 bits per heavy atom. The summed E-state index contributed by atoms with van der Waals surface area (Å²) in [6, 6.07) is 4.17. The maximum Gasteiger partial charge on any atom is 0.130 e. The van der Waals surface area contributed by atoms with Gasteiger partial charge < -0.3 is 15.1 Å². The van der Waals surface area contributed by atoms with Crippen LogP contribution in [0.4, 0.5) is 11.6 Å². The van der Waals surface area contributed by atoms with Gasteiger partial charge in [-0.2, -0.15) is 5.10 Å². The van der Waals surface area contributed by atoms with Gasteiger partial charge in [0, 0.05) is 60.1 Å². The summed E-state index contributed by atoms with van der Waals surface area (Å²) in [5, 5.41) is 8.27. The fourth-order valence-corrected chi connectivity index (χ4v) is 2.92. The van der Waals surface area contributed by atoms with E-state index in [1.54, 1.807) is 0 Å². The number of nitrogens with zero attached hydrogens (tertiary/aromatic N) is 5. The molecule has 6 heteroatoms. The Hall–Kier alpha value is -2.08. The zero-order valence-corrected chi connectivity index (χ0v) is 16.0. The Labute approximate surface area is 145 Å². The number of anilines is 2. The third-order valence-corrected chi connectivity index (χ3v) is 4.01. The number of nitrogens with one attached hydrogen (secondary N) is 1. The second-order valence-electron chi connectivity index (χ2n) is 6.88. The lowest BCUT2D eigenvalue weighted by molar-refractivity contribution is 0.677. The molecule has 0 aliphatic heterocycles. The van der Waals surface area contributed by atoms with E-state index in [4.69, 9.17) is 5.10 Å². The Kier molecular flexibility index (Phi) is 5.83. The van der Waals surface area contributed by atoms with Crippen LogP contribution in [0.5, 0.6) is 0 Å². The smallest absolute Gasteiger partial charge is 0.130 e. The summed E-state index contributed by atoms with van der Waals surface area (Å²) in [5.41, 5.74) is 3.67. The Bertz CT molecular complexity index is 672. The van der Waals surface area contributed by atoms with Crippen molar-refractivity contribution in [1.29, 1.82) is 0 Å². The molecular weight excluding hydrogens is 300 g/mol. The third-order valence-electron chi connectivity index (χ3n) is 4.01. The van der Waals surface area contributed by atoms with Crippen LogP contribution in [-0.4, -0.2) is 43.0 Å². The molecule has 0 radical (unpaired) electrons. The van der Waals surface area contributed by atoms with Crippen LogP contribution in [0.25, 0.3) is 0 Å². The van der Waals surface area contributed by atoms with E-state index >= 15 is 0 Å². The first-order chi connectivity index (χ1) is 11.3. The minimum atomic E-state index is 0.406. The average molecular weight is 330 g/mol. The van der Waals surface area contributed by atoms with Gasteiger partial charge >= 0.3 is 0 Å². The van der Waals surface area contributed by atoms with Crippen LogP contribution in [0.15, 0.2) is 18.3 Å². The van der Waals surface area contributed by atoms with E-state index in [0.29, 0.717) is 5.92 Å². The summed E-state index contributed by atoms with van der Waals surface area (Å²) in [7, 11) is 10.2. The highest BCUT2D eigenvalue weighted by molar-refractivity contribution is 5.50. The van der Waals surface area contributed by atoms with Crippen molar-refractivity contribution in [2.45, 2.75) is 32.9 Å². The molecule has 2 aromatic heterocycles. The topological polar surface area (TPSA) is 49.2 Å². The van der Waals surface area contributed by atoms with E-state index in [2.05, 4.69) is 55.3 Å². The monoisotopic (exact) mass is 330 g/mol. The van der Waals surface area contributed by atoms with E-state index in [-0.39, 0.29) is 0 Å². The van der Waals surface area contributed by atoms with Crippen LogP contribution in [0.2, 0.25) is 0 Å². The highest BCUT2D eigenvalue weighted by Gasteiger charge is 2.19. The zero-order chi connectivity index (χ0) is 17.9. The molecule has 2 aromatic rings. The maximum atomic E-state index is 4.71. The number of rotatable bonds is 7. The molecular formula is C18H30N6. The molecule has 0 saturated heterocycles. The zero-order valence-electron chi connectivity index (χ0n) is 16.0. The van der Waals surface area contributed by atoms with Crippen molar-refractivity contribution < 1.29 is 0 Å². The average Bonchev–Trinajstić information content (AvgIpc) is 2.84. The molecule has 0 aliphatic carbocycles. The predicted octanol–water partition coefficient (Wildman–Crippen LogP) is 2.36. The van der Waals surface area contributed by atoms with Gasteiger partial charge in [0.05, 0.1) is 5.69 Å². The van der Waals surface area contributed by atoms with Crippen molar-refractivity contribution in [2.24, 2.45) is 7.05 Å². The van der Waals surface area contributed by atoms with E-state index < -0.39 is 0 Å². The number of aromatic nitrogens is 3. The van der Waals surface area contributed by atoms with Crippen molar-refractivity contribution in [3.63, 3.8) is 0 Å². The van der Waals surface area contributed by atoms with Crippen molar-refractivity contribution in [2.75, 3.05) is 38.0 Å². The van der Waals surface area contributed by atoms with Gasteiger partial charge in [0.25, 0.3) is 0 Å². The molecule has 0 aromatic carbocycles. The number of hydrogen-bond acceptors (Lipinski definition) is 5. The van der Waals surface area contributed by atoms with E-state index in [0.717, 1.165) is 30.4 Å². The molecule has 0 aliphatic rings. The molecule has 0 spiro atoms. The number of pyridine rings is 1. The molecule has 2 heterocycles. The van der Waals surface area contributed by atoms with E-state index in [1.807, 2.05) is 36.9 Å². The molecule has 0 bridgehead atoms. The Morgan fingerprint density at radius 3 is 2.42 bits per heavy atom. The van der Waals surface area contributed by atoms with Crippen molar-refractivity contribution >= 4 is 11.6 Å². The van der Waals surface area contributed by atoms with Crippen LogP contribution in [0.1, 0.15) is 36.6 Å². The molecule has 0 unspecified atom stereocenters. The predicted molar refractivity (Wildman–Crippen MR) is 101 cm³/mol. The summed E-state index contributed by atoms with van der Waals surface area (Å²) in [6.45, 7) is 5.99. The first-order valence-electron chi connectivity index (χ1n) is 8.37. The molecule has 6 nitrogen and oxygen atoms in total. The first-order valence-corrected chi connectivity index (χ1v) is 8.37. The van der Waals surface area contributed by atoms with E-state index in [1.165, 1.54) is 11.1 Å². The van der Waals surface area contributed by atoms with Gasteiger partial charge in [0.15, 0.2) is 0 Å². The minimum Gasteiger partial charge on any atom is -0.363 e. The quantitative estimate of drug-likeness (QED) is 0.844. The fraction of sp³-hybridized carbons (Fsp3) is 0.556. The lowest BCUT2D eigenvalue weighted by Gasteiger charge is -2.17. The van der Waals surface area contributed by atoms with Gasteiger partial charge in [-0.15, -0.1) is 0 Å². The molecule has 1 N–H and O–H groups in total. The number of hydrogen-bond donors (Lipinski definition) is 1. The molecule has 0 amide bonds. The van der Waals surface area contributed by atoms with Crippen LogP contribution in [-0.2, 0) is 20.1 Å². The molecule has 0 atom stereocenters. The summed E-state index contributed by atoms with van der Waals surface area (Å²) in [6.07, 6.45) is 1.86. The van der Waals surface area contributed by atoms with Gasteiger partial charge in [0.2, 0.25) is 0 Å². The lowest BCUT2D eigenvalue weighted by atomic mass is 10.1. The molecule has 132 valence electrons. The van der Waals surface area contributed by atoms with Crippen LogP contribution in [0.3, 0.4) is 0 Å². The van der Waals surface area contributed by atoms with Crippen molar-refractivity contribution in [1.82, 2.24) is 20.1 Å². The highest BCUT2D eigenvalue weighted by Crippen LogP contribution is 2.27. The second kappa shape index (κ2) is 7.66. The van der Waals surface area contributed by atoms with Gasteiger partial charge in [-0.1, -0.05) is 13.8 Å². The van der Waals surface area contributed by atoms with Gasteiger partial charge in [-0.05, 0) is 23.6 Å². The third kappa shape index (κ3) is 4.06. The van der Waals surface area contributed by atoms with Crippen LogP contribution < -0.4 is 15.1 Å². The fourth-order valence-electron chi connectivity index (χ4n) is 2.92. The van der Waals surface area contributed by atoms with Gasteiger partial charge in [0.1, 0.15) is 11.6 Å². The summed E-state index contributed by atoms with van der Waals surface area (Å²) in [4.78, 5) is 8.51. The normalized spacial score (nSPS) is 11.2. The van der Waals surface area contributed by atoms with Crippen molar-refractivity contribution in [3.8, 4) is 0 Å². The summed E-state index contributed by atoms with van der Waals surface area (Å²) >= 11 is 0. The van der Waals surface area contributed by atoms with Crippen LogP contribution in [0, 0.1) is 0 Å². The Balaban J connectivity index is 2.13. The maximum absolute atomic E-state index is 4.71.